The highest BCUT2D eigenvalue weighted by Gasteiger charge is 2.12. The van der Waals surface area contributed by atoms with Crippen molar-refractivity contribution < 1.29 is 8.78 Å². The van der Waals surface area contributed by atoms with Gasteiger partial charge in [0.2, 0.25) is 0 Å². The van der Waals surface area contributed by atoms with Crippen LogP contribution < -0.4 is 10.6 Å². The molecule has 0 radical (unpaired) electrons. The number of aliphatic imine (C=N–C) groups is 1. The van der Waals surface area contributed by atoms with Crippen LogP contribution in [0, 0.1) is 13.8 Å². The van der Waals surface area contributed by atoms with Crippen molar-refractivity contribution in [3.8, 4) is 0 Å². The molecule has 2 rings (SSSR count). The number of aryl methyl sites for hydroxylation is 2. The molecular formula is C13H19F2IN6S. The molecule has 2 aromatic heterocycles. The average Bonchev–Trinajstić information content (AvgIpc) is 3.05. The van der Waals surface area contributed by atoms with Gasteiger partial charge >= 0.3 is 6.55 Å². The quantitative estimate of drug-likeness (QED) is 0.413. The van der Waals surface area contributed by atoms with Crippen LogP contribution >= 0.6 is 35.3 Å². The number of halogens is 3. The van der Waals surface area contributed by atoms with Gasteiger partial charge in [0.15, 0.2) is 5.96 Å². The lowest BCUT2D eigenvalue weighted by molar-refractivity contribution is 0.0668. The predicted octanol–water partition coefficient (Wildman–Crippen LogP) is 2.83. The number of hydrogen-bond acceptors (Lipinski definition) is 4. The Morgan fingerprint density at radius 3 is 2.61 bits per heavy atom. The fourth-order valence-electron chi connectivity index (χ4n) is 1.94. The molecule has 23 heavy (non-hydrogen) atoms. The van der Waals surface area contributed by atoms with Crippen molar-refractivity contribution in [2.45, 2.75) is 33.5 Å². The molecule has 2 heterocycles. The zero-order chi connectivity index (χ0) is 16.1. The van der Waals surface area contributed by atoms with E-state index in [9.17, 15) is 8.78 Å². The number of rotatable bonds is 5. The standard InChI is InChI=1S/C13H18F2N6S.HI/c1-8-10(22-9(2)20-8)6-18-13(16-3)19-7-11-17-4-5-21(11)12(14)15;/h4-5,12H,6-7H2,1-3H3,(H2,16,18,19);1H. The Morgan fingerprint density at radius 2 is 2.04 bits per heavy atom. The van der Waals surface area contributed by atoms with E-state index in [1.807, 2.05) is 13.8 Å². The SMILES string of the molecule is CN=C(NCc1sc(C)nc1C)NCc1nccn1C(F)F.I. The molecule has 0 aliphatic heterocycles. The Bertz CT molecular complexity index is 655. The number of thiazole rings is 1. The molecule has 2 N–H and O–H groups in total. The van der Waals surface area contributed by atoms with Crippen LogP contribution in [0.1, 0.15) is 28.0 Å². The third-order valence-corrected chi connectivity index (χ3v) is 4.09. The van der Waals surface area contributed by atoms with Crippen LogP contribution in [-0.4, -0.2) is 27.5 Å². The molecule has 0 fully saturated rings. The summed E-state index contributed by atoms with van der Waals surface area (Å²) < 4.78 is 26.3. The molecule has 0 aliphatic carbocycles. The van der Waals surface area contributed by atoms with Crippen molar-refractivity contribution in [3.63, 3.8) is 0 Å². The van der Waals surface area contributed by atoms with Gasteiger partial charge in [0.25, 0.3) is 0 Å². The highest BCUT2D eigenvalue weighted by molar-refractivity contribution is 14.0. The second-order valence-electron chi connectivity index (χ2n) is 4.55. The highest BCUT2D eigenvalue weighted by atomic mass is 127. The molecule has 0 aliphatic rings. The van der Waals surface area contributed by atoms with Gasteiger partial charge in [-0.1, -0.05) is 0 Å². The van der Waals surface area contributed by atoms with E-state index >= 15 is 0 Å². The molecule has 0 bridgehead atoms. The number of alkyl halides is 2. The van der Waals surface area contributed by atoms with Crippen LogP contribution in [0.2, 0.25) is 0 Å². The average molecular weight is 456 g/mol. The molecule has 6 nitrogen and oxygen atoms in total. The first-order chi connectivity index (χ1) is 10.5. The minimum absolute atomic E-state index is 0. The van der Waals surface area contributed by atoms with Gasteiger partial charge in [-0.05, 0) is 13.8 Å². The van der Waals surface area contributed by atoms with Gasteiger partial charge in [-0.3, -0.25) is 9.56 Å². The van der Waals surface area contributed by atoms with Gasteiger partial charge < -0.3 is 10.6 Å². The number of imidazole rings is 1. The summed E-state index contributed by atoms with van der Waals surface area (Å²) in [5.41, 5.74) is 0.985. The van der Waals surface area contributed by atoms with Crippen molar-refractivity contribution in [1.82, 2.24) is 25.2 Å². The van der Waals surface area contributed by atoms with E-state index in [4.69, 9.17) is 0 Å². The van der Waals surface area contributed by atoms with Crippen LogP contribution in [0.3, 0.4) is 0 Å². The maximum Gasteiger partial charge on any atom is 0.319 e. The number of aromatic nitrogens is 3. The lowest BCUT2D eigenvalue weighted by atomic mass is 10.4. The summed E-state index contributed by atoms with van der Waals surface area (Å²) in [4.78, 5) is 13.5. The molecule has 0 saturated carbocycles. The van der Waals surface area contributed by atoms with Crippen LogP contribution in [0.15, 0.2) is 17.4 Å². The van der Waals surface area contributed by atoms with Gasteiger partial charge in [0.1, 0.15) is 5.82 Å². The van der Waals surface area contributed by atoms with Crippen LogP contribution in [0.5, 0.6) is 0 Å². The van der Waals surface area contributed by atoms with Crippen molar-refractivity contribution in [1.29, 1.82) is 0 Å². The minimum Gasteiger partial charge on any atom is -0.351 e. The number of guanidine groups is 1. The summed E-state index contributed by atoms with van der Waals surface area (Å²) >= 11 is 1.62. The minimum atomic E-state index is -2.60. The first-order valence-electron chi connectivity index (χ1n) is 6.68. The summed E-state index contributed by atoms with van der Waals surface area (Å²) in [6.07, 6.45) is 2.60. The first-order valence-corrected chi connectivity index (χ1v) is 7.50. The summed E-state index contributed by atoms with van der Waals surface area (Å²) in [6, 6.07) is 0. The fraction of sp³-hybridized carbons (Fsp3) is 0.462. The normalized spacial score (nSPS) is 11.5. The molecular weight excluding hydrogens is 437 g/mol. The zero-order valence-corrected chi connectivity index (χ0v) is 16.2. The predicted molar refractivity (Wildman–Crippen MR) is 97.5 cm³/mol. The van der Waals surface area contributed by atoms with E-state index in [2.05, 4.69) is 25.6 Å². The lowest BCUT2D eigenvalue weighted by Crippen LogP contribution is -2.37. The summed E-state index contributed by atoms with van der Waals surface area (Å²) in [7, 11) is 1.62. The fourth-order valence-corrected chi connectivity index (χ4v) is 2.82. The van der Waals surface area contributed by atoms with E-state index in [0.717, 1.165) is 20.1 Å². The summed E-state index contributed by atoms with van der Waals surface area (Å²) in [6.45, 7) is 2.06. The third kappa shape index (κ3) is 5.37. The second kappa shape index (κ2) is 9.11. The van der Waals surface area contributed by atoms with E-state index < -0.39 is 6.55 Å². The van der Waals surface area contributed by atoms with E-state index in [0.29, 0.717) is 12.5 Å². The molecule has 2 aromatic rings. The zero-order valence-electron chi connectivity index (χ0n) is 13.0. The number of nitrogens with zero attached hydrogens (tertiary/aromatic N) is 4. The molecule has 0 atom stereocenters. The summed E-state index contributed by atoms with van der Waals surface area (Å²) in [5.74, 6) is 0.775. The third-order valence-electron chi connectivity index (χ3n) is 3.01. The Hall–Kier alpha value is -1.30. The Balaban J connectivity index is 0.00000264. The second-order valence-corrected chi connectivity index (χ2v) is 5.84. The van der Waals surface area contributed by atoms with Crippen molar-refractivity contribution in [2.24, 2.45) is 4.99 Å². The lowest BCUT2D eigenvalue weighted by Gasteiger charge is -2.12. The van der Waals surface area contributed by atoms with Gasteiger partial charge in [-0.15, -0.1) is 35.3 Å². The van der Waals surface area contributed by atoms with Crippen molar-refractivity contribution >= 4 is 41.3 Å². The molecule has 0 amide bonds. The molecule has 0 unspecified atom stereocenters. The van der Waals surface area contributed by atoms with E-state index in [1.54, 1.807) is 18.4 Å². The number of hydrogen-bond donors (Lipinski definition) is 2. The largest absolute Gasteiger partial charge is 0.351 e. The number of nitrogens with one attached hydrogen (secondary N) is 2. The van der Waals surface area contributed by atoms with Crippen LogP contribution in [0.25, 0.3) is 0 Å². The molecule has 0 aromatic carbocycles. The van der Waals surface area contributed by atoms with Gasteiger partial charge in [-0.25, -0.2) is 9.97 Å². The van der Waals surface area contributed by atoms with E-state index in [1.165, 1.54) is 12.4 Å². The van der Waals surface area contributed by atoms with Crippen LogP contribution in [-0.2, 0) is 13.1 Å². The summed E-state index contributed by atoms with van der Waals surface area (Å²) in [5, 5.41) is 7.12. The molecule has 0 saturated heterocycles. The first kappa shape index (κ1) is 19.7. The molecule has 128 valence electrons. The van der Waals surface area contributed by atoms with E-state index in [-0.39, 0.29) is 36.3 Å². The molecule has 0 spiro atoms. The highest BCUT2D eigenvalue weighted by Crippen LogP contribution is 2.16. The smallest absolute Gasteiger partial charge is 0.319 e. The van der Waals surface area contributed by atoms with Gasteiger partial charge in [0, 0.05) is 24.3 Å². The maximum absolute atomic E-state index is 12.7. The topological polar surface area (TPSA) is 67.1 Å². The molecule has 10 heteroatoms. The Kier molecular flexibility index (Phi) is 7.82. The Morgan fingerprint density at radius 1 is 1.35 bits per heavy atom. The Labute approximate surface area is 154 Å². The van der Waals surface area contributed by atoms with Crippen LogP contribution in [0.4, 0.5) is 8.78 Å². The van der Waals surface area contributed by atoms with Crippen molar-refractivity contribution in [2.75, 3.05) is 7.05 Å². The van der Waals surface area contributed by atoms with Gasteiger partial charge in [-0.2, -0.15) is 8.78 Å². The maximum atomic E-state index is 12.7. The van der Waals surface area contributed by atoms with Crippen molar-refractivity contribution in [3.05, 3.63) is 33.8 Å². The van der Waals surface area contributed by atoms with Gasteiger partial charge in [0.05, 0.1) is 23.8 Å². The monoisotopic (exact) mass is 456 g/mol.